The quantitative estimate of drug-likeness (QED) is 0.406. The summed E-state index contributed by atoms with van der Waals surface area (Å²) in [5.74, 6) is 0.289. The molecule has 29 heavy (non-hydrogen) atoms. The first-order valence-electron chi connectivity index (χ1n) is 8.63. The third kappa shape index (κ3) is 4.48. The fourth-order valence-corrected chi connectivity index (χ4v) is 3.70. The number of benzene rings is 2. The highest BCUT2D eigenvalue weighted by Crippen LogP contribution is 2.35. The van der Waals surface area contributed by atoms with Crippen molar-refractivity contribution in [2.45, 2.75) is 19.2 Å². The van der Waals surface area contributed by atoms with Gasteiger partial charge in [-0.05, 0) is 17.7 Å². The topological polar surface area (TPSA) is 52.3 Å². The van der Waals surface area contributed by atoms with Crippen LogP contribution < -0.4 is 10.4 Å². The van der Waals surface area contributed by atoms with E-state index in [9.17, 15) is 18.0 Å². The molecule has 8 heteroatoms. The van der Waals surface area contributed by atoms with E-state index in [1.54, 1.807) is 0 Å². The molecule has 0 bridgehead atoms. The van der Waals surface area contributed by atoms with Gasteiger partial charge >= 0.3 is 11.8 Å². The van der Waals surface area contributed by atoms with Crippen molar-refractivity contribution in [2.24, 2.45) is 0 Å². The number of thiazole rings is 1. The number of nitrogens with zero attached hydrogens (tertiary/aromatic N) is 1. The van der Waals surface area contributed by atoms with Crippen LogP contribution in [0.25, 0.3) is 11.0 Å². The maximum atomic E-state index is 13.1. The summed E-state index contributed by atoms with van der Waals surface area (Å²) >= 11 is 1.51. The molecule has 0 saturated heterocycles. The molecular weight excluding hydrogens is 403 g/mol. The summed E-state index contributed by atoms with van der Waals surface area (Å²) < 4.78 is 49.9. The summed E-state index contributed by atoms with van der Waals surface area (Å²) in [5.41, 5.74) is -0.399. The zero-order valence-electron chi connectivity index (χ0n) is 14.9. The van der Waals surface area contributed by atoms with E-state index in [-0.39, 0.29) is 23.3 Å². The molecule has 4 rings (SSSR count). The lowest BCUT2D eigenvalue weighted by atomic mass is 10.1. The Hall–Kier alpha value is -3.13. The predicted octanol–water partition coefficient (Wildman–Crippen LogP) is 5.44. The number of hydrogen-bond acceptors (Lipinski definition) is 5. The Morgan fingerprint density at radius 1 is 1.07 bits per heavy atom. The van der Waals surface area contributed by atoms with Gasteiger partial charge in [-0.3, -0.25) is 0 Å². The predicted molar refractivity (Wildman–Crippen MR) is 103 cm³/mol. The van der Waals surface area contributed by atoms with Gasteiger partial charge in [0.05, 0.1) is 16.3 Å². The smallest absolute Gasteiger partial charge is 0.417 e. The molecule has 0 aliphatic carbocycles. The second-order valence-electron chi connectivity index (χ2n) is 6.32. The first-order chi connectivity index (χ1) is 13.9. The lowest BCUT2D eigenvalue weighted by molar-refractivity contribution is -0.136. The molecule has 0 N–H and O–H groups in total. The van der Waals surface area contributed by atoms with Crippen LogP contribution in [0.3, 0.4) is 0 Å². The van der Waals surface area contributed by atoms with Crippen LogP contribution >= 0.6 is 11.3 Å². The lowest BCUT2D eigenvalue weighted by Crippen LogP contribution is -2.11. The molecule has 0 radical (unpaired) electrons. The maximum Gasteiger partial charge on any atom is 0.417 e. The summed E-state index contributed by atoms with van der Waals surface area (Å²) in [6.07, 6.45) is -3.93. The molecule has 0 fully saturated rings. The van der Waals surface area contributed by atoms with E-state index in [0.29, 0.717) is 18.2 Å². The molecule has 0 aliphatic rings. The Morgan fingerprint density at radius 2 is 1.86 bits per heavy atom. The molecule has 0 saturated carbocycles. The molecule has 0 amide bonds. The summed E-state index contributed by atoms with van der Waals surface area (Å²) in [7, 11) is 0. The lowest BCUT2D eigenvalue weighted by Gasteiger charge is -2.10. The van der Waals surface area contributed by atoms with Gasteiger partial charge in [0.1, 0.15) is 17.9 Å². The minimum Gasteiger partial charge on any atom is -0.487 e. The van der Waals surface area contributed by atoms with Crippen LogP contribution in [-0.2, 0) is 19.2 Å². The molecule has 0 unspecified atom stereocenters. The molecule has 4 nitrogen and oxygen atoms in total. The monoisotopic (exact) mass is 417 g/mol. The number of aromatic nitrogens is 1. The number of fused-ring (bicyclic) bond motifs is 1. The molecule has 2 aromatic heterocycles. The number of ether oxygens (including phenoxy) is 1. The third-order valence-corrected chi connectivity index (χ3v) is 5.10. The zero-order chi connectivity index (χ0) is 20.4. The van der Waals surface area contributed by atoms with Crippen molar-refractivity contribution < 1.29 is 22.3 Å². The Bertz CT molecular complexity index is 1200. The molecule has 0 atom stereocenters. The van der Waals surface area contributed by atoms with Crippen LogP contribution in [0.5, 0.6) is 5.75 Å². The minimum atomic E-state index is -4.65. The second-order valence-corrected chi connectivity index (χ2v) is 7.26. The van der Waals surface area contributed by atoms with E-state index in [0.717, 1.165) is 10.6 Å². The average molecular weight is 417 g/mol. The van der Waals surface area contributed by atoms with E-state index in [4.69, 9.17) is 9.15 Å². The van der Waals surface area contributed by atoms with Gasteiger partial charge in [-0.25, -0.2) is 9.78 Å². The second kappa shape index (κ2) is 7.71. The number of halogens is 3. The largest absolute Gasteiger partial charge is 0.487 e. The van der Waals surface area contributed by atoms with Crippen LogP contribution in [0.15, 0.2) is 69.2 Å². The Labute approximate surface area is 167 Å². The normalized spacial score (nSPS) is 11.7. The van der Waals surface area contributed by atoms with Crippen LogP contribution in [0.4, 0.5) is 13.2 Å². The van der Waals surface area contributed by atoms with E-state index < -0.39 is 17.4 Å². The van der Waals surface area contributed by atoms with Gasteiger partial charge in [0.15, 0.2) is 0 Å². The molecule has 0 aliphatic heterocycles. The van der Waals surface area contributed by atoms with Crippen molar-refractivity contribution in [1.82, 2.24) is 4.98 Å². The van der Waals surface area contributed by atoms with Crippen LogP contribution in [0.2, 0.25) is 0 Å². The summed E-state index contributed by atoms with van der Waals surface area (Å²) in [6, 6.07) is 14.3. The van der Waals surface area contributed by atoms with Crippen molar-refractivity contribution in [3.05, 3.63) is 92.2 Å². The van der Waals surface area contributed by atoms with Gasteiger partial charge in [0.25, 0.3) is 0 Å². The molecule has 4 aromatic rings. The molecular formula is C21H14F3NO3S. The first-order valence-corrected chi connectivity index (χ1v) is 9.51. The average Bonchev–Trinajstić information content (AvgIpc) is 3.13. The highest BCUT2D eigenvalue weighted by molar-refractivity contribution is 7.09. The fourth-order valence-electron chi connectivity index (χ4n) is 2.89. The summed E-state index contributed by atoms with van der Waals surface area (Å²) in [6.45, 7) is 0.153. The van der Waals surface area contributed by atoms with E-state index in [1.807, 2.05) is 35.7 Å². The van der Waals surface area contributed by atoms with Crippen molar-refractivity contribution in [3.63, 3.8) is 0 Å². The summed E-state index contributed by atoms with van der Waals surface area (Å²) in [5, 5.41) is 2.62. The van der Waals surface area contributed by atoms with Gasteiger partial charge in [-0.15, -0.1) is 11.3 Å². The van der Waals surface area contributed by atoms with Gasteiger partial charge in [0.2, 0.25) is 0 Å². The Balaban J connectivity index is 1.50. The maximum absolute atomic E-state index is 13.1. The number of hydrogen-bond donors (Lipinski definition) is 0. The Morgan fingerprint density at radius 3 is 2.62 bits per heavy atom. The van der Waals surface area contributed by atoms with E-state index >= 15 is 0 Å². The number of alkyl halides is 3. The first kappa shape index (κ1) is 19.2. The van der Waals surface area contributed by atoms with Crippen molar-refractivity contribution in [2.75, 3.05) is 0 Å². The molecule has 2 aromatic carbocycles. The van der Waals surface area contributed by atoms with E-state index in [1.165, 1.54) is 29.5 Å². The molecule has 2 heterocycles. The highest BCUT2D eigenvalue weighted by Gasteiger charge is 2.33. The minimum absolute atomic E-state index is 0.153. The van der Waals surface area contributed by atoms with Gasteiger partial charge in [0, 0.05) is 29.3 Å². The SMILES string of the molecule is O=c1cc(C(F)(F)F)c2ccc(OCc3csc(Cc4ccccc4)n3)cc2o1. The van der Waals surface area contributed by atoms with Crippen LogP contribution in [0, 0.1) is 0 Å². The van der Waals surface area contributed by atoms with Crippen molar-refractivity contribution in [3.8, 4) is 5.75 Å². The summed E-state index contributed by atoms with van der Waals surface area (Å²) in [4.78, 5) is 16.0. The number of rotatable bonds is 5. The van der Waals surface area contributed by atoms with Gasteiger partial charge in [-0.2, -0.15) is 13.2 Å². The van der Waals surface area contributed by atoms with Crippen molar-refractivity contribution in [1.29, 1.82) is 0 Å². The fraction of sp³-hybridized carbons (Fsp3) is 0.143. The highest BCUT2D eigenvalue weighted by atomic mass is 32.1. The Kier molecular flexibility index (Phi) is 5.10. The van der Waals surface area contributed by atoms with Gasteiger partial charge < -0.3 is 9.15 Å². The van der Waals surface area contributed by atoms with Crippen molar-refractivity contribution >= 4 is 22.3 Å². The van der Waals surface area contributed by atoms with Crippen LogP contribution in [-0.4, -0.2) is 4.98 Å². The third-order valence-electron chi connectivity index (χ3n) is 4.21. The van der Waals surface area contributed by atoms with E-state index in [2.05, 4.69) is 4.98 Å². The molecule has 0 spiro atoms. The standard InChI is InChI=1S/C21H14F3NO3S/c22-21(23,24)17-10-20(26)28-18-9-15(6-7-16(17)18)27-11-14-12-29-19(25-14)8-13-4-2-1-3-5-13/h1-7,9-10,12H,8,11H2. The molecule has 148 valence electrons. The van der Waals surface area contributed by atoms with Gasteiger partial charge in [-0.1, -0.05) is 30.3 Å². The zero-order valence-corrected chi connectivity index (χ0v) is 15.7. The van der Waals surface area contributed by atoms with Crippen LogP contribution in [0.1, 0.15) is 21.8 Å².